The van der Waals surface area contributed by atoms with Crippen LogP contribution in [0.1, 0.15) is 39.2 Å². The highest BCUT2D eigenvalue weighted by Gasteiger charge is 2.43. The normalized spacial score (nSPS) is 21.5. The van der Waals surface area contributed by atoms with Gasteiger partial charge in [-0.1, -0.05) is 17.7 Å². The molecule has 1 unspecified atom stereocenters. The summed E-state index contributed by atoms with van der Waals surface area (Å²) in [7, 11) is -5.69. The van der Waals surface area contributed by atoms with Crippen molar-refractivity contribution in [2.75, 3.05) is 18.4 Å². The molecule has 0 spiro atoms. The molecular weight excluding hydrogens is 507 g/mol. The first-order valence-electron chi connectivity index (χ1n) is 12.8. The average Bonchev–Trinajstić information content (AvgIpc) is 3.51. The number of anilines is 1. The summed E-state index contributed by atoms with van der Waals surface area (Å²) in [5, 5.41) is 24.0. The predicted octanol–water partition coefficient (Wildman–Crippen LogP) is 2.32. The first kappa shape index (κ1) is 26.5. The lowest BCUT2D eigenvalue weighted by Crippen LogP contribution is -2.37. The smallest absolute Gasteiger partial charge is 0.444 e. The lowest BCUT2D eigenvalue weighted by molar-refractivity contribution is 0.0280. The third-order valence-corrected chi connectivity index (χ3v) is 9.00. The number of rotatable bonds is 5. The van der Waals surface area contributed by atoms with Gasteiger partial charge in [-0.3, -0.25) is 0 Å². The van der Waals surface area contributed by atoms with E-state index in [1.807, 2.05) is 27.7 Å². The average molecular weight is 540 g/mol. The molecule has 3 N–H and O–H groups in total. The zero-order chi connectivity index (χ0) is 27.4. The third kappa shape index (κ3) is 5.00. The van der Waals surface area contributed by atoms with Crippen LogP contribution >= 0.6 is 0 Å². The Morgan fingerprint density at radius 2 is 1.74 bits per heavy atom. The maximum atomic E-state index is 13.4. The molecule has 202 valence electrons. The van der Waals surface area contributed by atoms with Gasteiger partial charge in [-0.2, -0.15) is 0 Å². The number of carbonyl (C=O) groups excluding carboxylic acids is 1. The number of nitrogens with zero attached hydrogens (tertiary/aromatic N) is 3. The van der Waals surface area contributed by atoms with Gasteiger partial charge in [-0.15, -0.1) is 0 Å². The minimum atomic E-state index is -3.90. The number of hydrogen-bond donors (Lipinski definition) is 3. The van der Waals surface area contributed by atoms with Crippen LogP contribution in [0, 0.1) is 18.8 Å². The predicted molar refractivity (Wildman–Crippen MR) is 145 cm³/mol. The number of pyridine rings is 1. The molecular formula is C26H33BN4O6S. The Morgan fingerprint density at radius 1 is 1.11 bits per heavy atom. The van der Waals surface area contributed by atoms with Crippen LogP contribution in [0.3, 0.4) is 0 Å². The highest BCUT2D eigenvalue weighted by Crippen LogP contribution is 2.40. The molecule has 12 heteroatoms. The SMILES string of the molecule is Cc1ccc(S(=O)(=O)n2ccc3c(NC4C[C@@H]5CN(C(=O)OC(C)(C)C)C[C@@H]5C4)c(B(O)O)cnc32)cc1. The second kappa shape index (κ2) is 9.58. The van der Waals surface area contributed by atoms with E-state index >= 15 is 0 Å². The van der Waals surface area contributed by atoms with Crippen LogP contribution in [0.4, 0.5) is 10.5 Å². The molecule has 2 aliphatic rings. The Balaban J connectivity index is 1.39. The number of aromatic nitrogens is 2. The highest BCUT2D eigenvalue weighted by atomic mass is 32.2. The number of nitrogens with one attached hydrogen (secondary N) is 1. The van der Waals surface area contributed by atoms with Gasteiger partial charge in [0.1, 0.15) is 5.60 Å². The fourth-order valence-electron chi connectivity index (χ4n) is 5.55. The van der Waals surface area contributed by atoms with Gasteiger partial charge in [0.15, 0.2) is 5.65 Å². The number of fused-ring (bicyclic) bond motifs is 2. The van der Waals surface area contributed by atoms with Crippen molar-refractivity contribution < 1.29 is 28.0 Å². The highest BCUT2D eigenvalue weighted by molar-refractivity contribution is 7.90. The Hall–Kier alpha value is -3.09. The van der Waals surface area contributed by atoms with Gasteiger partial charge in [-0.25, -0.2) is 22.2 Å². The van der Waals surface area contributed by atoms with Crippen LogP contribution in [-0.2, 0) is 14.8 Å². The van der Waals surface area contributed by atoms with Crippen molar-refractivity contribution in [3.8, 4) is 0 Å². The molecule has 1 saturated carbocycles. The summed E-state index contributed by atoms with van der Waals surface area (Å²) in [5.41, 5.74) is 1.23. The first-order valence-corrected chi connectivity index (χ1v) is 14.2. The molecule has 5 rings (SSSR count). The molecule has 1 aliphatic heterocycles. The van der Waals surface area contributed by atoms with Crippen molar-refractivity contribution in [3.05, 3.63) is 48.3 Å². The van der Waals surface area contributed by atoms with Crippen molar-refractivity contribution in [2.45, 2.75) is 57.1 Å². The van der Waals surface area contributed by atoms with Gasteiger partial charge >= 0.3 is 13.2 Å². The molecule has 10 nitrogen and oxygen atoms in total. The largest absolute Gasteiger partial charge is 0.492 e. The second-order valence-electron chi connectivity index (χ2n) is 11.3. The van der Waals surface area contributed by atoms with Crippen LogP contribution < -0.4 is 10.8 Å². The summed E-state index contributed by atoms with van der Waals surface area (Å²) in [4.78, 5) is 18.7. The molecule has 1 saturated heterocycles. The van der Waals surface area contributed by atoms with Crippen LogP contribution in [-0.4, -0.2) is 70.3 Å². The Kier molecular flexibility index (Phi) is 6.69. The van der Waals surface area contributed by atoms with Gasteiger partial charge in [0, 0.05) is 48.1 Å². The van der Waals surface area contributed by atoms with Crippen LogP contribution in [0.5, 0.6) is 0 Å². The number of likely N-dealkylation sites (tertiary alicyclic amines) is 1. The van der Waals surface area contributed by atoms with E-state index in [-0.39, 0.29) is 28.1 Å². The molecule has 0 radical (unpaired) electrons. The summed E-state index contributed by atoms with van der Waals surface area (Å²) >= 11 is 0. The van der Waals surface area contributed by atoms with E-state index in [4.69, 9.17) is 4.74 Å². The molecule has 2 fully saturated rings. The molecule has 2 aromatic heterocycles. The quantitative estimate of drug-likeness (QED) is 0.420. The fourth-order valence-corrected chi connectivity index (χ4v) is 6.85. The molecule has 1 amide bonds. The Morgan fingerprint density at radius 3 is 2.32 bits per heavy atom. The molecule has 3 heterocycles. The molecule has 0 bridgehead atoms. The van der Waals surface area contributed by atoms with Crippen LogP contribution in [0.25, 0.3) is 11.0 Å². The van der Waals surface area contributed by atoms with Crippen LogP contribution in [0.2, 0.25) is 0 Å². The summed E-state index contributed by atoms with van der Waals surface area (Å²) < 4.78 is 33.4. The minimum absolute atomic E-state index is 0.0194. The van der Waals surface area contributed by atoms with Gasteiger partial charge in [0.05, 0.1) is 4.90 Å². The van der Waals surface area contributed by atoms with E-state index < -0.39 is 22.7 Å². The van der Waals surface area contributed by atoms with Gasteiger partial charge in [0.2, 0.25) is 0 Å². The van der Waals surface area contributed by atoms with E-state index in [0.717, 1.165) is 22.4 Å². The van der Waals surface area contributed by atoms with Gasteiger partial charge in [-0.05, 0) is 70.6 Å². The third-order valence-electron chi connectivity index (χ3n) is 7.32. The standard InChI is InChI=1S/C26H33BN4O6S/c1-16-5-7-20(8-6-16)38(35,36)31-10-9-21-23(22(27(33)34)13-28-24(21)31)29-19-11-17-14-30(15-18(17)12-19)25(32)37-26(2,3)4/h5-10,13,17-19,33-34H,11-12,14-15H2,1-4H3,(H,28,29)/t17-,18+,19?. The van der Waals surface area contributed by atoms with Crippen molar-refractivity contribution in [3.63, 3.8) is 0 Å². The van der Waals surface area contributed by atoms with Crippen molar-refractivity contribution in [1.29, 1.82) is 0 Å². The zero-order valence-corrected chi connectivity index (χ0v) is 22.8. The van der Waals surface area contributed by atoms with E-state index in [2.05, 4.69) is 10.3 Å². The number of benzene rings is 1. The summed E-state index contributed by atoms with van der Waals surface area (Å²) in [6.07, 6.45) is 4.02. The molecule has 3 atom stereocenters. The first-order chi connectivity index (χ1) is 17.8. The second-order valence-corrected chi connectivity index (χ2v) is 13.2. The molecule has 38 heavy (non-hydrogen) atoms. The molecule has 1 aliphatic carbocycles. The van der Waals surface area contributed by atoms with Gasteiger partial charge < -0.3 is 25.0 Å². The lowest BCUT2D eigenvalue weighted by Gasteiger charge is -2.26. The molecule has 1 aromatic carbocycles. The van der Waals surface area contributed by atoms with E-state index in [9.17, 15) is 23.3 Å². The lowest BCUT2D eigenvalue weighted by atomic mass is 9.79. The van der Waals surface area contributed by atoms with E-state index in [1.54, 1.807) is 35.2 Å². The number of aryl methyl sites for hydroxylation is 1. The summed E-state index contributed by atoms with van der Waals surface area (Å²) in [6, 6.07) is 8.23. The van der Waals surface area contributed by atoms with Crippen molar-refractivity contribution in [2.24, 2.45) is 11.8 Å². The van der Waals surface area contributed by atoms with Crippen molar-refractivity contribution in [1.82, 2.24) is 13.9 Å². The Labute approximate surface area is 222 Å². The number of amides is 1. The topological polar surface area (TPSA) is 134 Å². The Bertz CT molecular complexity index is 1450. The number of ether oxygens (including phenoxy) is 1. The summed E-state index contributed by atoms with van der Waals surface area (Å²) in [6.45, 7) is 8.67. The van der Waals surface area contributed by atoms with Crippen LogP contribution in [0.15, 0.2) is 47.6 Å². The summed E-state index contributed by atoms with van der Waals surface area (Å²) in [5.74, 6) is 0.595. The maximum Gasteiger partial charge on any atom is 0.492 e. The monoisotopic (exact) mass is 540 g/mol. The van der Waals surface area contributed by atoms with Gasteiger partial charge in [0.25, 0.3) is 10.0 Å². The fraction of sp³-hybridized carbons (Fsp3) is 0.462. The van der Waals surface area contributed by atoms with E-state index in [0.29, 0.717) is 36.0 Å². The number of carbonyl (C=O) groups is 1. The molecule has 3 aromatic rings. The van der Waals surface area contributed by atoms with E-state index in [1.165, 1.54) is 12.4 Å². The zero-order valence-electron chi connectivity index (χ0n) is 22.0. The number of hydrogen-bond acceptors (Lipinski definition) is 8. The maximum absolute atomic E-state index is 13.4. The minimum Gasteiger partial charge on any atom is -0.444 e. The van der Waals surface area contributed by atoms with Crippen molar-refractivity contribution >= 4 is 45.4 Å².